The van der Waals surface area contributed by atoms with Crippen LogP contribution in [0.1, 0.15) is 38.2 Å². The van der Waals surface area contributed by atoms with Crippen molar-refractivity contribution in [2.75, 3.05) is 0 Å². The molecule has 0 amide bonds. The molecule has 2 aromatic carbocycles. The molecule has 2 aromatic rings. The van der Waals surface area contributed by atoms with Gasteiger partial charge in [0.25, 0.3) is 0 Å². The normalized spacial score (nSPS) is 13.2. The second-order valence-electron chi connectivity index (χ2n) is 4.72. The Morgan fingerprint density at radius 3 is 2.47 bits per heavy atom. The van der Waals surface area contributed by atoms with Crippen LogP contribution in [-0.2, 0) is 6.42 Å². The maximum atomic E-state index is 12.5. The second-order valence-corrected chi connectivity index (χ2v) is 4.72. The first-order chi connectivity index (χ1) is 8.18. The summed E-state index contributed by atoms with van der Waals surface area (Å²) in [4.78, 5) is 12.5. The number of carbonyl (C=O) groups is 1. The van der Waals surface area contributed by atoms with E-state index in [1.165, 1.54) is 11.1 Å². The molecule has 0 spiro atoms. The van der Waals surface area contributed by atoms with Gasteiger partial charge in [0.15, 0.2) is 5.78 Å². The number of carbonyl (C=O) groups excluding carboxylic acids is 1. The van der Waals surface area contributed by atoms with Crippen LogP contribution < -0.4 is 0 Å². The summed E-state index contributed by atoms with van der Waals surface area (Å²) >= 11 is 0. The maximum absolute atomic E-state index is 12.5. The summed E-state index contributed by atoms with van der Waals surface area (Å²) in [7, 11) is 0. The Morgan fingerprint density at radius 1 is 0.941 bits per heavy atom. The molecule has 0 saturated heterocycles. The fraction of sp³-hybridized carbons (Fsp3) is 0.188. The van der Waals surface area contributed by atoms with Gasteiger partial charge in [0.1, 0.15) is 0 Å². The number of hydrogen-bond donors (Lipinski definition) is 0. The minimum atomic E-state index is 0.183. The van der Waals surface area contributed by atoms with Crippen molar-refractivity contribution in [1.82, 2.24) is 0 Å². The van der Waals surface area contributed by atoms with Crippen molar-refractivity contribution in [2.45, 2.75) is 20.3 Å². The third kappa shape index (κ3) is 1.42. The Balaban J connectivity index is 2.29. The van der Waals surface area contributed by atoms with Gasteiger partial charge in [-0.05, 0) is 42.5 Å². The van der Waals surface area contributed by atoms with Crippen molar-refractivity contribution in [3.05, 3.63) is 69.8 Å². The lowest BCUT2D eigenvalue weighted by Crippen LogP contribution is -2.17. The standard InChI is InChI=1S/C16H14O/c1-10-5-4-8-13-14(10)9-12-7-3-6-11(2)15(12)16(13)17/h3-8H,9H2,1-2H3. The summed E-state index contributed by atoms with van der Waals surface area (Å²) in [6.07, 6.45) is 0.880. The van der Waals surface area contributed by atoms with E-state index in [1.807, 2.05) is 31.2 Å². The molecule has 1 heteroatoms. The Bertz CT molecular complexity index is 623. The van der Waals surface area contributed by atoms with Gasteiger partial charge in [0.2, 0.25) is 0 Å². The first kappa shape index (κ1) is 10.3. The molecule has 0 fully saturated rings. The van der Waals surface area contributed by atoms with E-state index in [0.717, 1.165) is 28.7 Å². The molecule has 0 heterocycles. The molecule has 1 nitrogen and oxygen atoms in total. The van der Waals surface area contributed by atoms with E-state index >= 15 is 0 Å². The second kappa shape index (κ2) is 3.56. The van der Waals surface area contributed by atoms with Crippen molar-refractivity contribution in [3.63, 3.8) is 0 Å². The molecule has 0 N–H and O–H groups in total. The molecule has 1 aliphatic rings. The molecule has 0 aliphatic heterocycles. The molecule has 0 atom stereocenters. The number of ketones is 1. The smallest absolute Gasteiger partial charge is 0.193 e. The molecular formula is C16H14O. The molecule has 0 saturated carbocycles. The van der Waals surface area contributed by atoms with Gasteiger partial charge in [-0.2, -0.15) is 0 Å². The number of benzene rings is 2. The minimum absolute atomic E-state index is 0.183. The highest BCUT2D eigenvalue weighted by molar-refractivity contribution is 6.13. The fourth-order valence-corrected chi connectivity index (χ4v) is 2.68. The molecule has 0 radical (unpaired) electrons. The molecule has 1 aliphatic carbocycles. The van der Waals surface area contributed by atoms with E-state index in [2.05, 4.69) is 19.1 Å². The van der Waals surface area contributed by atoms with Crippen LogP contribution in [0.25, 0.3) is 0 Å². The van der Waals surface area contributed by atoms with Gasteiger partial charge >= 0.3 is 0 Å². The maximum Gasteiger partial charge on any atom is 0.193 e. The van der Waals surface area contributed by atoms with Crippen LogP contribution in [-0.4, -0.2) is 5.78 Å². The largest absolute Gasteiger partial charge is 0.289 e. The first-order valence-electron chi connectivity index (χ1n) is 5.90. The van der Waals surface area contributed by atoms with Gasteiger partial charge in [0, 0.05) is 11.1 Å². The van der Waals surface area contributed by atoms with Crippen LogP contribution in [0.4, 0.5) is 0 Å². The molecule has 0 unspecified atom stereocenters. The minimum Gasteiger partial charge on any atom is -0.289 e. The number of fused-ring (bicyclic) bond motifs is 2. The van der Waals surface area contributed by atoms with Gasteiger partial charge in [0.05, 0.1) is 0 Å². The van der Waals surface area contributed by atoms with Gasteiger partial charge in [-0.3, -0.25) is 4.79 Å². The summed E-state index contributed by atoms with van der Waals surface area (Å²) in [5.74, 6) is 0.183. The summed E-state index contributed by atoms with van der Waals surface area (Å²) in [6, 6.07) is 12.1. The van der Waals surface area contributed by atoms with Gasteiger partial charge in [-0.1, -0.05) is 36.4 Å². The van der Waals surface area contributed by atoms with Crippen LogP contribution in [0.5, 0.6) is 0 Å². The van der Waals surface area contributed by atoms with Gasteiger partial charge < -0.3 is 0 Å². The van der Waals surface area contributed by atoms with Crippen LogP contribution >= 0.6 is 0 Å². The van der Waals surface area contributed by atoms with E-state index in [1.54, 1.807) is 0 Å². The zero-order chi connectivity index (χ0) is 12.0. The van der Waals surface area contributed by atoms with Gasteiger partial charge in [-0.25, -0.2) is 0 Å². The average Bonchev–Trinajstić information content (AvgIpc) is 2.31. The molecular weight excluding hydrogens is 208 g/mol. The molecule has 84 valence electrons. The lowest BCUT2D eigenvalue weighted by Gasteiger charge is -2.21. The highest BCUT2D eigenvalue weighted by Crippen LogP contribution is 2.30. The monoisotopic (exact) mass is 222 g/mol. The lowest BCUT2D eigenvalue weighted by molar-refractivity contribution is 0.103. The molecule has 17 heavy (non-hydrogen) atoms. The van der Waals surface area contributed by atoms with Crippen LogP contribution in [0.15, 0.2) is 36.4 Å². The summed E-state index contributed by atoms with van der Waals surface area (Å²) in [6.45, 7) is 4.09. The quantitative estimate of drug-likeness (QED) is 0.569. The lowest BCUT2D eigenvalue weighted by atomic mass is 9.81. The van der Waals surface area contributed by atoms with E-state index in [0.29, 0.717) is 0 Å². The van der Waals surface area contributed by atoms with Gasteiger partial charge in [-0.15, -0.1) is 0 Å². The number of hydrogen-bond acceptors (Lipinski definition) is 1. The van der Waals surface area contributed by atoms with Crippen LogP contribution in [0.2, 0.25) is 0 Å². The Labute approximate surface area is 101 Å². The average molecular weight is 222 g/mol. The topological polar surface area (TPSA) is 17.1 Å². The predicted octanol–water partition coefficient (Wildman–Crippen LogP) is 3.44. The Kier molecular flexibility index (Phi) is 2.15. The zero-order valence-electron chi connectivity index (χ0n) is 10.1. The number of aryl methyl sites for hydroxylation is 2. The van der Waals surface area contributed by atoms with Crippen molar-refractivity contribution in [1.29, 1.82) is 0 Å². The number of rotatable bonds is 0. The highest BCUT2D eigenvalue weighted by atomic mass is 16.1. The third-order valence-electron chi connectivity index (χ3n) is 3.61. The van der Waals surface area contributed by atoms with Crippen molar-refractivity contribution >= 4 is 5.78 Å². The highest BCUT2D eigenvalue weighted by Gasteiger charge is 2.24. The van der Waals surface area contributed by atoms with Crippen molar-refractivity contribution in [3.8, 4) is 0 Å². The van der Waals surface area contributed by atoms with Crippen molar-refractivity contribution < 1.29 is 4.79 Å². The van der Waals surface area contributed by atoms with E-state index in [9.17, 15) is 4.79 Å². The Morgan fingerprint density at radius 2 is 1.65 bits per heavy atom. The summed E-state index contributed by atoms with van der Waals surface area (Å²) in [5.41, 5.74) is 6.44. The zero-order valence-corrected chi connectivity index (χ0v) is 10.1. The van der Waals surface area contributed by atoms with E-state index in [-0.39, 0.29) is 5.78 Å². The predicted molar refractivity (Wildman–Crippen MR) is 68.6 cm³/mol. The van der Waals surface area contributed by atoms with Crippen LogP contribution in [0.3, 0.4) is 0 Å². The molecule has 3 rings (SSSR count). The van der Waals surface area contributed by atoms with Crippen molar-refractivity contribution in [2.24, 2.45) is 0 Å². The van der Waals surface area contributed by atoms with E-state index in [4.69, 9.17) is 0 Å². The summed E-state index contributed by atoms with van der Waals surface area (Å²) < 4.78 is 0. The first-order valence-corrected chi connectivity index (χ1v) is 5.90. The van der Waals surface area contributed by atoms with Crippen LogP contribution in [0, 0.1) is 13.8 Å². The SMILES string of the molecule is Cc1cccc2c1Cc1cccc(C)c1C2=O. The Hall–Kier alpha value is -1.89. The molecule has 0 bridgehead atoms. The molecule has 0 aromatic heterocycles. The van der Waals surface area contributed by atoms with E-state index < -0.39 is 0 Å². The third-order valence-corrected chi connectivity index (χ3v) is 3.61. The summed E-state index contributed by atoms with van der Waals surface area (Å²) in [5, 5.41) is 0. The fourth-order valence-electron chi connectivity index (χ4n) is 2.68.